The highest BCUT2D eigenvalue weighted by molar-refractivity contribution is 6.01. The molecule has 1 aromatic heterocycles. The van der Waals surface area contributed by atoms with Gasteiger partial charge in [-0.05, 0) is 73.2 Å². The molecule has 0 spiro atoms. The number of nitrogens with zero attached hydrogens (tertiary/aromatic N) is 3. The summed E-state index contributed by atoms with van der Waals surface area (Å²) in [7, 11) is 4.81. The van der Waals surface area contributed by atoms with Gasteiger partial charge in [-0.1, -0.05) is 17.3 Å². The molecule has 0 aliphatic carbocycles. The van der Waals surface area contributed by atoms with Crippen molar-refractivity contribution in [1.29, 1.82) is 0 Å². The number of carbonyl (C=O) groups is 1. The molecule has 0 saturated heterocycles. The van der Waals surface area contributed by atoms with Crippen molar-refractivity contribution in [1.82, 2.24) is 15.5 Å². The van der Waals surface area contributed by atoms with Crippen molar-refractivity contribution >= 4 is 17.3 Å². The van der Waals surface area contributed by atoms with E-state index in [1.807, 2.05) is 67.6 Å². The second-order valence-corrected chi connectivity index (χ2v) is 8.34. The molecule has 2 amide bonds. The van der Waals surface area contributed by atoms with E-state index in [0.717, 1.165) is 16.9 Å². The van der Waals surface area contributed by atoms with Crippen molar-refractivity contribution in [3.63, 3.8) is 0 Å². The number of anilines is 1. The third-order valence-corrected chi connectivity index (χ3v) is 6.25. The fraction of sp³-hybridized carbons (Fsp3) is 0.179. The summed E-state index contributed by atoms with van der Waals surface area (Å²) >= 11 is 0. The lowest BCUT2D eigenvalue weighted by Gasteiger charge is -2.35. The number of hydrogen-bond acceptors (Lipinski definition) is 7. The quantitative estimate of drug-likeness (QED) is 0.361. The van der Waals surface area contributed by atoms with Crippen molar-refractivity contribution in [2.24, 2.45) is 0 Å². The molecule has 0 fully saturated rings. The molecule has 0 radical (unpaired) electrons. The normalized spacial score (nSPS) is 15.4. The summed E-state index contributed by atoms with van der Waals surface area (Å²) in [5.41, 5.74) is 3.61. The van der Waals surface area contributed by atoms with Gasteiger partial charge in [-0.3, -0.25) is 4.90 Å². The second kappa shape index (κ2) is 10.1. The Kier molecular flexibility index (Phi) is 6.51. The van der Waals surface area contributed by atoms with E-state index in [0.29, 0.717) is 40.2 Å². The summed E-state index contributed by atoms with van der Waals surface area (Å²) in [6.07, 6.45) is 0. The predicted octanol–water partition coefficient (Wildman–Crippen LogP) is 5.46. The lowest BCUT2D eigenvalue weighted by Crippen LogP contribution is -2.46. The maximum atomic E-state index is 13.4. The molecule has 1 N–H and O–H groups in total. The summed E-state index contributed by atoms with van der Waals surface area (Å²) in [6.45, 7) is 1.86. The Bertz CT molecular complexity index is 1440. The Morgan fingerprint density at radius 1 is 0.865 bits per heavy atom. The van der Waals surface area contributed by atoms with Gasteiger partial charge in [-0.2, -0.15) is 4.98 Å². The number of amides is 2. The molecule has 2 heterocycles. The van der Waals surface area contributed by atoms with Crippen LogP contribution < -0.4 is 24.4 Å². The van der Waals surface area contributed by atoms with E-state index in [9.17, 15) is 4.79 Å². The molecule has 4 aromatic rings. The third kappa shape index (κ3) is 4.58. The zero-order valence-electron chi connectivity index (χ0n) is 20.9. The van der Waals surface area contributed by atoms with Gasteiger partial charge in [0, 0.05) is 11.3 Å². The van der Waals surface area contributed by atoms with Gasteiger partial charge in [-0.25, -0.2) is 4.79 Å². The second-order valence-electron chi connectivity index (χ2n) is 8.34. The zero-order valence-corrected chi connectivity index (χ0v) is 20.9. The molecule has 1 atom stereocenters. The van der Waals surface area contributed by atoms with Crippen LogP contribution in [-0.2, 0) is 0 Å². The Balaban J connectivity index is 1.62. The first-order chi connectivity index (χ1) is 18.0. The summed E-state index contributed by atoms with van der Waals surface area (Å²) in [5.74, 6) is 2.82. The number of allylic oxidation sites excluding steroid dienone is 1. The van der Waals surface area contributed by atoms with Crippen molar-refractivity contribution in [2.45, 2.75) is 13.0 Å². The molecule has 5 rings (SSSR count). The molecule has 9 nitrogen and oxygen atoms in total. The van der Waals surface area contributed by atoms with Crippen molar-refractivity contribution < 1.29 is 23.5 Å². The lowest BCUT2D eigenvalue weighted by molar-refractivity contribution is 0.244. The number of methoxy groups -OCH3 is 3. The summed E-state index contributed by atoms with van der Waals surface area (Å²) in [4.78, 5) is 19.7. The maximum absolute atomic E-state index is 13.4. The number of aromatic nitrogens is 2. The van der Waals surface area contributed by atoms with E-state index in [1.54, 1.807) is 38.4 Å². The minimum atomic E-state index is -0.540. The van der Waals surface area contributed by atoms with Gasteiger partial charge in [-0.15, -0.1) is 0 Å². The zero-order chi connectivity index (χ0) is 25.9. The average molecular weight is 499 g/mol. The fourth-order valence-electron chi connectivity index (χ4n) is 4.32. The highest BCUT2D eigenvalue weighted by Gasteiger charge is 2.36. The van der Waals surface area contributed by atoms with Gasteiger partial charge in [0.2, 0.25) is 5.82 Å². The summed E-state index contributed by atoms with van der Waals surface area (Å²) in [5, 5.41) is 7.32. The molecule has 0 bridgehead atoms. The Morgan fingerprint density at radius 3 is 2.16 bits per heavy atom. The van der Waals surface area contributed by atoms with Crippen molar-refractivity contribution in [2.75, 3.05) is 26.2 Å². The van der Waals surface area contributed by atoms with Gasteiger partial charge >= 0.3 is 6.03 Å². The number of hydrogen-bond donors (Lipinski definition) is 1. The first kappa shape index (κ1) is 23.9. The molecule has 1 unspecified atom stereocenters. The Labute approximate surface area is 214 Å². The SMILES string of the molecule is COc1ccc(-c2noc(C3=C(C)N(c4ccc(OC)cc4)C(=O)NC3c3cccc(OC)c3)n2)cc1. The molecule has 188 valence electrons. The highest BCUT2D eigenvalue weighted by Crippen LogP contribution is 2.40. The number of ether oxygens (including phenoxy) is 3. The van der Waals surface area contributed by atoms with Gasteiger partial charge in [0.25, 0.3) is 5.89 Å². The van der Waals surface area contributed by atoms with E-state index in [2.05, 4.69) is 10.5 Å². The van der Waals surface area contributed by atoms with Crippen LogP contribution in [-0.4, -0.2) is 37.5 Å². The van der Waals surface area contributed by atoms with E-state index >= 15 is 0 Å². The molecule has 3 aromatic carbocycles. The van der Waals surface area contributed by atoms with Crippen LogP contribution in [0.5, 0.6) is 17.2 Å². The van der Waals surface area contributed by atoms with E-state index < -0.39 is 6.04 Å². The van der Waals surface area contributed by atoms with Gasteiger partial charge in [0.05, 0.1) is 38.6 Å². The van der Waals surface area contributed by atoms with Crippen LogP contribution in [0.2, 0.25) is 0 Å². The highest BCUT2D eigenvalue weighted by atomic mass is 16.5. The van der Waals surface area contributed by atoms with E-state index in [1.165, 1.54) is 0 Å². The van der Waals surface area contributed by atoms with E-state index in [-0.39, 0.29) is 6.03 Å². The Morgan fingerprint density at radius 2 is 1.51 bits per heavy atom. The van der Waals surface area contributed by atoms with Crippen LogP contribution in [0, 0.1) is 0 Å². The summed E-state index contributed by atoms with van der Waals surface area (Å²) in [6, 6.07) is 21.3. The monoisotopic (exact) mass is 498 g/mol. The van der Waals surface area contributed by atoms with Gasteiger partial charge in [0.15, 0.2) is 0 Å². The minimum absolute atomic E-state index is 0.283. The van der Waals surface area contributed by atoms with Crippen LogP contribution in [0.1, 0.15) is 24.4 Å². The number of carbonyl (C=O) groups excluding carboxylic acids is 1. The molecular formula is C28H26N4O5. The topological polar surface area (TPSA) is 99.0 Å². The van der Waals surface area contributed by atoms with Crippen LogP contribution in [0.25, 0.3) is 17.0 Å². The van der Waals surface area contributed by atoms with Crippen LogP contribution in [0.15, 0.2) is 83.0 Å². The fourth-order valence-corrected chi connectivity index (χ4v) is 4.32. The van der Waals surface area contributed by atoms with Crippen LogP contribution in [0.4, 0.5) is 10.5 Å². The average Bonchev–Trinajstić information content (AvgIpc) is 3.43. The largest absolute Gasteiger partial charge is 0.497 e. The first-order valence-electron chi connectivity index (χ1n) is 11.6. The predicted molar refractivity (Wildman–Crippen MR) is 139 cm³/mol. The smallest absolute Gasteiger partial charge is 0.326 e. The van der Waals surface area contributed by atoms with E-state index in [4.69, 9.17) is 23.7 Å². The van der Waals surface area contributed by atoms with Crippen molar-refractivity contribution in [3.8, 4) is 28.6 Å². The number of urea groups is 1. The molecule has 1 aliphatic heterocycles. The third-order valence-electron chi connectivity index (χ3n) is 6.25. The molecule has 9 heteroatoms. The molecular weight excluding hydrogens is 472 g/mol. The lowest BCUT2D eigenvalue weighted by atomic mass is 9.94. The first-order valence-corrected chi connectivity index (χ1v) is 11.6. The standard InChI is InChI=1S/C28H26N4O5/c1-17-24(27-30-26(31-37-27)18-8-12-21(34-2)13-9-18)25(19-6-5-7-23(16-19)36-4)29-28(33)32(17)20-10-14-22(35-3)15-11-20/h5-16,25H,1-4H3,(H,29,33). The maximum Gasteiger partial charge on any atom is 0.326 e. The van der Waals surface area contributed by atoms with Crippen LogP contribution >= 0.6 is 0 Å². The summed E-state index contributed by atoms with van der Waals surface area (Å²) < 4.78 is 21.7. The van der Waals surface area contributed by atoms with Crippen LogP contribution in [0.3, 0.4) is 0 Å². The van der Waals surface area contributed by atoms with Crippen molar-refractivity contribution in [3.05, 3.63) is 89.9 Å². The molecule has 1 aliphatic rings. The number of benzene rings is 3. The molecule has 37 heavy (non-hydrogen) atoms. The molecule has 0 saturated carbocycles. The van der Waals surface area contributed by atoms with Gasteiger partial charge < -0.3 is 24.1 Å². The Hall–Kier alpha value is -4.79. The minimum Gasteiger partial charge on any atom is -0.497 e. The number of rotatable bonds is 7. The number of nitrogens with one attached hydrogen (secondary N) is 1. The van der Waals surface area contributed by atoms with Gasteiger partial charge in [0.1, 0.15) is 17.2 Å².